The summed E-state index contributed by atoms with van der Waals surface area (Å²) in [6.45, 7) is 0.603. The third-order valence-corrected chi connectivity index (χ3v) is 6.69. The van der Waals surface area contributed by atoms with Gasteiger partial charge in [-0.2, -0.15) is 8.42 Å². The van der Waals surface area contributed by atoms with Crippen molar-refractivity contribution in [3.8, 4) is 5.75 Å². The Morgan fingerprint density at radius 1 is 1.20 bits per heavy atom. The number of sulfonamides is 1. The van der Waals surface area contributed by atoms with Gasteiger partial charge in [0.25, 0.3) is 15.6 Å². The van der Waals surface area contributed by atoms with E-state index in [1.807, 2.05) is 0 Å². The average molecular weight is 425 g/mol. The van der Waals surface area contributed by atoms with Gasteiger partial charge in [0, 0.05) is 11.9 Å². The minimum absolute atomic E-state index is 0.0500. The first-order valence-corrected chi connectivity index (χ1v) is 10.9. The fraction of sp³-hybridized carbons (Fsp3) is 0.200. The number of hydrogen-bond acceptors (Lipinski definition) is 7. The van der Waals surface area contributed by atoms with Gasteiger partial charge in [0.2, 0.25) is 0 Å². The zero-order valence-corrected chi connectivity index (χ0v) is 16.6. The van der Waals surface area contributed by atoms with Crippen LogP contribution in [0.5, 0.6) is 5.75 Å². The highest BCUT2D eigenvalue weighted by Crippen LogP contribution is 2.35. The normalized spacial score (nSPS) is 17.1. The van der Waals surface area contributed by atoms with Crippen molar-refractivity contribution in [2.75, 3.05) is 23.0 Å². The maximum atomic E-state index is 13.3. The van der Waals surface area contributed by atoms with Crippen molar-refractivity contribution in [2.24, 2.45) is 10.3 Å². The highest BCUT2D eigenvalue weighted by molar-refractivity contribution is 7.90. The quantitative estimate of drug-likeness (QED) is 0.468. The fourth-order valence-corrected chi connectivity index (χ4v) is 4.84. The Kier molecular flexibility index (Phi) is 4.00. The van der Waals surface area contributed by atoms with Crippen LogP contribution < -0.4 is 22.0 Å². The van der Waals surface area contributed by atoms with Gasteiger partial charge in [-0.05, 0) is 43.0 Å². The SMILES string of the molecule is Nc1cccc2c1S(=O)(=O)N=C(c1c(O)c3ccccc3n(NCC3CC3)c1=O)N2. The zero-order valence-electron chi connectivity index (χ0n) is 15.8. The average Bonchev–Trinajstić information content (AvgIpc) is 3.51. The van der Waals surface area contributed by atoms with Gasteiger partial charge in [-0.3, -0.25) is 4.79 Å². The molecule has 0 radical (unpaired) electrons. The first-order chi connectivity index (χ1) is 14.4. The lowest BCUT2D eigenvalue weighted by molar-refractivity contribution is 0.478. The van der Waals surface area contributed by atoms with Crippen molar-refractivity contribution < 1.29 is 13.5 Å². The van der Waals surface area contributed by atoms with Crippen LogP contribution in [-0.4, -0.2) is 30.6 Å². The molecule has 2 heterocycles. The molecular formula is C20H19N5O4S. The first kappa shape index (κ1) is 18.5. The summed E-state index contributed by atoms with van der Waals surface area (Å²) in [4.78, 5) is 13.2. The van der Waals surface area contributed by atoms with E-state index in [0.717, 1.165) is 12.8 Å². The van der Waals surface area contributed by atoms with Gasteiger partial charge in [0.05, 0.1) is 16.9 Å². The monoisotopic (exact) mass is 425 g/mol. The van der Waals surface area contributed by atoms with Gasteiger partial charge in [0.15, 0.2) is 5.84 Å². The summed E-state index contributed by atoms with van der Waals surface area (Å²) in [5, 5.41) is 14.1. The number of nitrogens with two attached hydrogens (primary N) is 1. The molecule has 5 N–H and O–H groups in total. The van der Waals surface area contributed by atoms with Gasteiger partial charge in [-0.25, -0.2) is 4.68 Å². The predicted molar refractivity (Wildman–Crippen MR) is 115 cm³/mol. The second-order valence-electron chi connectivity index (χ2n) is 7.45. The molecule has 2 aromatic carbocycles. The van der Waals surface area contributed by atoms with Crippen molar-refractivity contribution in [2.45, 2.75) is 17.7 Å². The Balaban J connectivity index is 1.73. The van der Waals surface area contributed by atoms with Crippen molar-refractivity contribution in [3.05, 3.63) is 58.4 Å². The van der Waals surface area contributed by atoms with Crippen LogP contribution in [0.3, 0.4) is 0 Å². The van der Waals surface area contributed by atoms with Gasteiger partial charge in [-0.15, -0.1) is 4.40 Å². The van der Waals surface area contributed by atoms with Crippen LogP contribution in [0.15, 0.2) is 56.6 Å². The summed E-state index contributed by atoms with van der Waals surface area (Å²) in [7, 11) is -4.16. The lowest BCUT2D eigenvalue weighted by Gasteiger charge is -2.21. The van der Waals surface area contributed by atoms with Crippen LogP contribution in [0, 0.1) is 5.92 Å². The van der Waals surface area contributed by atoms with Crippen molar-refractivity contribution in [3.63, 3.8) is 0 Å². The van der Waals surface area contributed by atoms with Crippen LogP contribution in [0.4, 0.5) is 11.4 Å². The smallest absolute Gasteiger partial charge is 0.288 e. The number of fused-ring (bicyclic) bond motifs is 2. The molecular weight excluding hydrogens is 406 g/mol. The number of nitrogen functional groups attached to an aromatic ring is 1. The Labute approximate surface area is 171 Å². The molecule has 10 heteroatoms. The van der Waals surface area contributed by atoms with E-state index in [2.05, 4.69) is 15.1 Å². The number of aromatic nitrogens is 1. The minimum atomic E-state index is -4.16. The molecule has 0 amide bonds. The Morgan fingerprint density at radius 3 is 2.73 bits per heavy atom. The van der Waals surface area contributed by atoms with Crippen LogP contribution in [0.2, 0.25) is 0 Å². The number of para-hydroxylation sites is 1. The largest absolute Gasteiger partial charge is 0.506 e. The maximum absolute atomic E-state index is 13.3. The predicted octanol–water partition coefficient (Wildman–Crippen LogP) is 1.80. The summed E-state index contributed by atoms with van der Waals surface area (Å²) in [6.07, 6.45) is 2.19. The number of benzene rings is 2. The number of pyridine rings is 1. The highest BCUT2D eigenvalue weighted by Gasteiger charge is 2.31. The molecule has 2 aliphatic rings. The van der Waals surface area contributed by atoms with E-state index in [1.165, 1.54) is 16.8 Å². The molecule has 0 spiro atoms. The van der Waals surface area contributed by atoms with Gasteiger partial charge in [-0.1, -0.05) is 18.2 Å². The van der Waals surface area contributed by atoms with Crippen LogP contribution in [0.1, 0.15) is 18.4 Å². The molecule has 1 aliphatic heterocycles. The molecule has 0 unspecified atom stereocenters. The molecule has 1 saturated carbocycles. The molecule has 9 nitrogen and oxygen atoms in total. The number of rotatable bonds is 4. The summed E-state index contributed by atoms with van der Waals surface area (Å²) in [5.41, 5.74) is 8.85. The van der Waals surface area contributed by atoms with Crippen molar-refractivity contribution in [1.82, 2.24) is 4.68 Å². The summed E-state index contributed by atoms with van der Waals surface area (Å²) >= 11 is 0. The van der Waals surface area contributed by atoms with E-state index in [0.29, 0.717) is 23.4 Å². The fourth-order valence-electron chi connectivity index (χ4n) is 3.60. The molecule has 5 rings (SSSR count). The van der Waals surface area contributed by atoms with Gasteiger partial charge in [0.1, 0.15) is 16.2 Å². The van der Waals surface area contributed by atoms with Gasteiger partial charge >= 0.3 is 0 Å². The second-order valence-corrected chi connectivity index (χ2v) is 8.99. The Hall–Kier alpha value is -3.53. The number of amidine groups is 1. The third-order valence-electron chi connectivity index (χ3n) is 5.29. The van der Waals surface area contributed by atoms with E-state index in [1.54, 1.807) is 30.3 Å². The zero-order chi connectivity index (χ0) is 21.0. The van der Waals surface area contributed by atoms with Gasteiger partial charge < -0.3 is 21.6 Å². The number of nitrogens with one attached hydrogen (secondary N) is 2. The number of nitrogens with zero attached hydrogens (tertiary/aromatic N) is 2. The van der Waals surface area contributed by atoms with Crippen molar-refractivity contribution in [1.29, 1.82) is 0 Å². The lowest BCUT2D eigenvalue weighted by atomic mass is 10.1. The molecule has 3 aromatic rings. The molecule has 30 heavy (non-hydrogen) atoms. The summed E-state index contributed by atoms with van der Waals surface area (Å²) in [5.74, 6) is -0.0921. The standard InChI is InChI=1S/C20H19N5O4S/c21-13-5-3-6-14-18(13)30(28,29)24-19(23-14)16-17(26)12-4-1-2-7-15(12)25(20(16)27)22-10-11-8-9-11/h1-7,11,22,26H,8-10,21H2,(H,23,24). The van der Waals surface area contributed by atoms with Crippen LogP contribution in [0.25, 0.3) is 10.9 Å². The highest BCUT2D eigenvalue weighted by atomic mass is 32.2. The van der Waals surface area contributed by atoms with Crippen LogP contribution >= 0.6 is 0 Å². The maximum Gasteiger partial charge on any atom is 0.288 e. The molecule has 0 bridgehead atoms. The Morgan fingerprint density at radius 2 is 1.97 bits per heavy atom. The van der Waals surface area contributed by atoms with E-state index >= 15 is 0 Å². The van der Waals surface area contributed by atoms with E-state index in [4.69, 9.17) is 5.73 Å². The number of hydrogen-bond donors (Lipinski definition) is 4. The Bertz CT molecular complexity index is 1390. The number of aromatic hydroxyl groups is 1. The van der Waals surface area contributed by atoms with E-state index in [9.17, 15) is 18.3 Å². The number of anilines is 2. The second kappa shape index (κ2) is 6.49. The van der Waals surface area contributed by atoms with Crippen LogP contribution in [-0.2, 0) is 10.0 Å². The molecule has 0 saturated heterocycles. The summed E-state index contributed by atoms with van der Waals surface area (Å²) in [6, 6.07) is 11.4. The topological polar surface area (TPSA) is 139 Å². The molecule has 1 fully saturated rings. The third kappa shape index (κ3) is 2.88. The van der Waals surface area contributed by atoms with E-state index in [-0.39, 0.29) is 33.4 Å². The van der Waals surface area contributed by atoms with Crippen molar-refractivity contribution >= 4 is 38.1 Å². The minimum Gasteiger partial charge on any atom is -0.506 e. The molecule has 0 atom stereocenters. The summed E-state index contributed by atoms with van der Waals surface area (Å²) < 4.78 is 30.6. The van der Waals surface area contributed by atoms with E-state index < -0.39 is 15.6 Å². The molecule has 1 aromatic heterocycles. The first-order valence-electron chi connectivity index (χ1n) is 9.48. The molecule has 1 aliphatic carbocycles. The molecule has 154 valence electrons. The lowest BCUT2D eigenvalue weighted by Crippen LogP contribution is -2.37.